The molecule has 0 spiro atoms. The molecule has 0 unspecified atom stereocenters. The molecule has 0 heterocycles. The van der Waals surface area contributed by atoms with Crippen molar-refractivity contribution in [3.05, 3.63) is 41.2 Å². The van der Waals surface area contributed by atoms with Gasteiger partial charge in [-0.25, -0.2) is 0 Å². The molecule has 0 saturated carbocycles. The highest BCUT2D eigenvalue weighted by Crippen LogP contribution is 2.43. The quantitative estimate of drug-likeness (QED) is 0.418. The zero-order chi connectivity index (χ0) is 19.9. The molecule has 1 aliphatic rings. The first-order valence-electron chi connectivity index (χ1n) is 10.7. The molecular formula is C24H38O3. The first-order chi connectivity index (χ1) is 12.9. The number of aromatic hydroxyl groups is 1. The van der Waals surface area contributed by atoms with Crippen molar-refractivity contribution in [2.45, 2.75) is 89.9 Å². The number of aliphatic hydroxyl groups is 2. The lowest BCUT2D eigenvalue weighted by molar-refractivity contribution is 0.251. The fourth-order valence-corrected chi connectivity index (χ4v) is 4.35. The van der Waals surface area contributed by atoms with Gasteiger partial charge >= 0.3 is 0 Å². The van der Waals surface area contributed by atoms with Gasteiger partial charge in [0.05, 0.1) is 5.76 Å². The van der Waals surface area contributed by atoms with E-state index in [4.69, 9.17) is 0 Å². The first-order valence-corrected chi connectivity index (χ1v) is 10.7. The van der Waals surface area contributed by atoms with Crippen molar-refractivity contribution in [2.75, 3.05) is 6.61 Å². The van der Waals surface area contributed by atoms with Crippen LogP contribution in [0.4, 0.5) is 0 Å². The topological polar surface area (TPSA) is 60.7 Å². The van der Waals surface area contributed by atoms with Gasteiger partial charge < -0.3 is 15.3 Å². The predicted octanol–water partition coefficient (Wildman–Crippen LogP) is 6.35. The van der Waals surface area contributed by atoms with Gasteiger partial charge in [0.1, 0.15) is 5.75 Å². The van der Waals surface area contributed by atoms with Gasteiger partial charge in [-0.1, -0.05) is 58.6 Å². The van der Waals surface area contributed by atoms with Crippen LogP contribution in [0.25, 0.3) is 0 Å². The van der Waals surface area contributed by atoms with Gasteiger partial charge in [0.2, 0.25) is 0 Å². The highest BCUT2D eigenvalue weighted by molar-refractivity contribution is 5.43. The van der Waals surface area contributed by atoms with Crippen LogP contribution >= 0.6 is 0 Å². The van der Waals surface area contributed by atoms with Crippen LogP contribution in [0, 0.1) is 5.92 Å². The van der Waals surface area contributed by atoms with E-state index < -0.39 is 0 Å². The normalized spacial score (nSPS) is 20.5. The Hall–Kier alpha value is -1.48. The lowest BCUT2D eigenvalue weighted by Crippen LogP contribution is -2.19. The number of hydrogen-bond acceptors (Lipinski definition) is 3. The predicted molar refractivity (Wildman–Crippen MR) is 112 cm³/mol. The van der Waals surface area contributed by atoms with Crippen LogP contribution in [0.15, 0.2) is 30.0 Å². The van der Waals surface area contributed by atoms with Gasteiger partial charge in [0.15, 0.2) is 0 Å². The maximum Gasteiger partial charge on any atom is 0.119 e. The molecule has 27 heavy (non-hydrogen) atoms. The van der Waals surface area contributed by atoms with Gasteiger partial charge in [-0.05, 0) is 54.7 Å². The summed E-state index contributed by atoms with van der Waals surface area (Å²) in [5.74, 6) is 1.12. The zero-order valence-corrected chi connectivity index (χ0v) is 17.4. The second kappa shape index (κ2) is 10.2. The van der Waals surface area contributed by atoms with Crippen LogP contribution in [0.1, 0.15) is 95.6 Å². The van der Waals surface area contributed by atoms with Crippen molar-refractivity contribution in [3.8, 4) is 5.75 Å². The number of aliphatic hydroxyl groups excluding tert-OH is 2. The Balaban J connectivity index is 2.17. The smallest absolute Gasteiger partial charge is 0.119 e. The SMILES string of the molecule is CCCCCCC(C)(C)c1ccc([C@@H]2C=C(O)CC[C@H]2CCCO)c(O)c1. The molecule has 0 saturated heterocycles. The first kappa shape index (κ1) is 21.8. The molecule has 3 heteroatoms. The Bertz CT molecular complexity index is 618. The largest absolute Gasteiger partial charge is 0.513 e. The van der Waals surface area contributed by atoms with E-state index in [9.17, 15) is 15.3 Å². The summed E-state index contributed by atoms with van der Waals surface area (Å²) in [4.78, 5) is 0. The summed E-state index contributed by atoms with van der Waals surface area (Å²) < 4.78 is 0. The molecule has 0 bridgehead atoms. The average Bonchev–Trinajstić information content (AvgIpc) is 2.64. The summed E-state index contributed by atoms with van der Waals surface area (Å²) in [5.41, 5.74) is 2.12. The Morgan fingerprint density at radius 2 is 1.85 bits per heavy atom. The third-order valence-electron chi connectivity index (χ3n) is 6.21. The van der Waals surface area contributed by atoms with Gasteiger partial charge in [0.25, 0.3) is 0 Å². The molecular weight excluding hydrogens is 336 g/mol. The Kier molecular flexibility index (Phi) is 8.22. The van der Waals surface area contributed by atoms with Crippen LogP contribution < -0.4 is 0 Å². The van der Waals surface area contributed by atoms with Gasteiger partial charge in [-0.3, -0.25) is 0 Å². The van der Waals surface area contributed by atoms with Gasteiger partial charge in [0, 0.05) is 24.5 Å². The fraction of sp³-hybridized carbons (Fsp3) is 0.667. The molecule has 1 aromatic rings. The molecule has 2 atom stereocenters. The number of rotatable bonds is 10. The van der Waals surface area contributed by atoms with Crippen LogP contribution in [0.5, 0.6) is 5.75 Å². The van der Waals surface area contributed by atoms with E-state index in [2.05, 4.69) is 26.8 Å². The summed E-state index contributed by atoms with van der Waals surface area (Å²) >= 11 is 0. The molecule has 3 N–H and O–H groups in total. The lowest BCUT2D eigenvalue weighted by Gasteiger charge is -2.31. The highest BCUT2D eigenvalue weighted by Gasteiger charge is 2.29. The molecule has 1 aliphatic carbocycles. The van der Waals surface area contributed by atoms with E-state index in [0.717, 1.165) is 31.2 Å². The number of benzene rings is 1. The van der Waals surface area contributed by atoms with Crippen LogP contribution in [-0.2, 0) is 5.41 Å². The summed E-state index contributed by atoms with van der Waals surface area (Å²) in [6.07, 6.45) is 11.3. The zero-order valence-electron chi connectivity index (χ0n) is 17.4. The number of allylic oxidation sites excluding steroid dienone is 2. The van der Waals surface area contributed by atoms with Crippen LogP contribution in [0.2, 0.25) is 0 Å². The second-order valence-corrected chi connectivity index (χ2v) is 8.82. The maximum absolute atomic E-state index is 10.8. The summed E-state index contributed by atoms with van der Waals surface area (Å²) in [6, 6.07) is 6.12. The summed E-state index contributed by atoms with van der Waals surface area (Å²) in [7, 11) is 0. The third kappa shape index (κ3) is 6.00. The summed E-state index contributed by atoms with van der Waals surface area (Å²) in [6.45, 7) is 6.93. The minimum Gasteiger partial charge on any atom is -0.513 e. The lowest BCUT2D eigenvalue weighted by atomic mass is 9.74. The number of phenols is 1. The number of hydrogen-bond donors (Lipinski definition) is 3. The third-order valence-corrected chi connectivity index (χ3v) is 6.21. The molecule has 1 aromatic carbocycles. The highest BCUT2D eigenvalue weighted by atomic mass is 16.3. The van der Waals surface area contributed by atoms with Crippen LogP contribution in [0.3, 0.4) is 0 Å². The van der Waals surface area contributed by atoms with Crippen molar-refractivity contribution >= 4 is 0 Å². The molecule has 152 valence electrons. The molecule has 0 amide bonds. The van der Waals surface area contributed by atoms with E-state index in [1.807, 2.05) is 18.2 Å². The van der Waals surface area contributed by atoms with Crippen molar-refractivity contribution in [2.24, 2.45) is 5.92 Å². The minimum atomic E-state index is 0.0204. The van der Waals surface area contributed by atoms with Crippen molar-refractivity contribution < 1.29 is 15.3 Å². The van der Waals surface area contributed by atoms with E-state index in [-0.39, 0.29) is 17.9 Å². The molecule has 2 rings (SSSR count). The van der Waals surface area contributed by atoms with Gasteiger partial charge in [-0.15, -0.1) is 0 Å². The van der Waals surface area contributed by atoms with E-state index in [0.29, 0.717) is 23.8 Å². The van der Waals surface area contributed by atoms with Gasteiger partial charge in [-0.2, -0.15) is 0 Å². The number of phenolic OH excluding ortho intramolecular Hbond substituents is 1. The molecule has 0 aromatic heterocycles. The molecule has 0 radical (unpaired) electrons. The van der Waals surface area contributed by atoms with E-state index >= 15 is 0 Å². The summed E-state index contributed by atoms with van der Waals surface area (Å²) in [5, 5.41) is 30.0. The standard InChI is InChI=1S/C24H38O3/c1-4-5-6-7-14-24(2,3)19-11-13-21(23(27)16-19)22-17-20(26)12-10-18(22)9-8-15-25/h11,13,16-18,22,25-27H,4-10,12,14-15H2,1-3H3/t18-,22-/m1/s1. The van der Waals surface area contributed by atoms with Crippen LogP contribution in [-0.4, -0.2) is 21.9 Å². The Morgan fingerprint density at radius 3 is 2.52 bits per heavy atom. The Morgan fingerprint density at radius 1 is 1.07 bits per heavy atom. The van der Waals surface area contributed by atoms with E-state index in [1.54, 1.807) is 0 Å². The van der Waals surface area contributed by atoms with Crippen molar-refractivity contribution in [3.63, 3.8) is 0 Å². The Labute approximate surface area is 165 Å². The molecule has 3 nitrogen and oxygen atoms in total. The van der Waals surface area contributed by atoms with E-state index in [1.165, 1.54) is 31.2 Å². The second-order valence-electron chi connectivity index (χ2n) is 8.82. The fourth-order valence-electron chi connectivity index (χ4n) is 4.35. The maximum atomic E-state index is 10.8. The monoisotopic (exact) mass is 374 g/mol. The van der Waals surface area contributed by atoms with Crippen molar-refractivity contribution in [1.82, 2.24) is 0 Å². The number of unbranched alkanes of at least 4 members (excludes halogenated alkanes) is 3. The minimum absolute atomic E-state index is 0.0204. The van der Waals surface area contributed by atoms with Crippen molar-refractivity contribution in [1.29, 1.82) is 0 Å². The molecule has 0 fully saturated rings. The average molecular weight is 375 g/mol. The molecule has 0 aliphatic heterocycles.